The van der Waals surface area contributed by atoms with Gasteiger partial charge < -0.3 is 15.5 Å². The molecule has 0 amide bonds. The van der Waals surface area contributed by atoms with E-state index in [1.54, 1.807) is 0 Å². The first-order valence-electron chi connectivity index (χ1n) is 3.48. The summed E-state index contributed by atoms with van der Waals surface area (Å²) in [6, 6.07) is 0. The maximum atomic E-state index is 4.89. The maximum absolute atomic E-state index is 4.89. The second kappa shape index (κ2) is 2.94. The molecule has 0 unspecified atom stereocenters. The summed E-state index contributed by atoms with van der Waals surface area (Å²) in [6.45, 7) is 1.31. The Balaban J connectivity index is 2.03. The standard InChI is InChI=1S/C5H8N6S/c12-5-7-2-11(3-8-5)4-6-1-9-10-4/h1H,2-3H2,(H,6,9,10)(H2,7,8,12). The molecule has 2 rings (SSSR count). The first-order chi connectivity index (χ1) is 5.86. The second-order valence-corrected chi connectivity index (χ2v) is 2.76. The Kier molecular flexibility index (Phi) is 1.78. The van der Waals surface area contributed by atoms with Crippen molar-refractivity contribution in [2.75, 3.05) is 18.2 Å². The lowest BCUT2D eigenvalue weighted by Gasteiger charge is -2.28. The summed E-state index contributed by atoms with van der Waals surface area (Å²) >= 11 is 4.89. The van der Waals surface area contributed by atoms with Crippen molar-refractivity contribution in [3.8, 4) is 0 Å². The minimum atomic E-state index is 0.654. The zero-order valence-electron chi connectivity index (χ0n) is 6.24. The first-order valence-corrected chi connectivity index (χ1v) is 3.89. The zero-order chi connectivity index (χ0) is 8.39. The van der Waals surface area contributed by atoms with Crippen LogP contribution in [0.2, 0.25) is 0 Å². The Morgan fingerprint density at radius 3 is 2.75 bits per heavy atom. The van der Waals surface area contributed by atoms with Gasteiger partial charge in [-0.05, 0) is 12.2 Å². The number of hydrogen-bond acceptors (Lipinski definition) is 4. The summed E-state index contributed by atoms with van der Waals surface area (Å²) in [5.74, 6) is 0.734. The zero-order valence-corrected chi connectivity index (χ0v) is 7.06. The molecule has 64 valence electrons. The van der Waals surface area contributed by atoms with E-state index in [1.807, 2.05) is 4.90 Å². The highest BCUT2D eigenvalue weighted by Crippen LogP contribution is 2.02. The minimum absolute atomic E-state index is 0.654. The van der Waals surface area contributed by atoms with Gasteiger partial charge in [0.05, 0.1) is 13.3 Å². The molecule has 2 heterocycles. The molecule has 0 aromatic carbocycles. The van der Waals surface area contributed by atoms with Crippen molar-refractivity contribution in [3.05, 3.63) is 6.33 Å². The molecule has 7 heteroatoms. The number of rotatable bonds is 1. The third-order valence-corrected chi connectivity index (χ3v) is 1.85. The molecule has 0 radical (unpaired) electrons. The molecular formula is C5H8N6S. The summed E-state index contributed by atoms with van der Waals surface area (Å²) in [5, 5.41) is 13.1. The normalized spacial score (nSPS) is 17.0. The summed E-state index contributed by atoms with van der Waals surface area (Å²) in [5.41, 5.74) is 0. The van der Waals surface area contributed by atoms with Crippen LogP contribution in [0.4, 0.5) is 5.95 Å². The third kappa shape index (κ3) is 1.30. The van der Waals surface area contributed by atoms with Crippen molar-refractivity contribution in [2.45, 2.75) is 0 Å². The van der Waals surface area contributed by atoms with Gasteiger partial charge in [0, 0.05) is 0 Å². The van der Waals surface area contributed by atoms with Crippen LogP contribution in [0.3, 0.4) is 0 Å². The van der Waals surface area contributed by atoms with E-state index < -0.39 is 0 Å². The van der Waals surface area contributed by atoms with E-state index in [1.165, 1.54) is 6.33 Å². The average Bonchev–Trinajstić information content (AvgIpc) is 2.58. The molecule has 0 atom stereocenters. The molecule has 1 aromatic heterocycles. The van der Waals surface area contributed by atoms with Crippen LogP contribution in [0.15, 0.2) is 6.33 Å². The number of nitrogens with zero attached hydrogens (tertiary/aromatic N) is 3. The molecule has 0 bridgehead atoms. The fourth-order valence-corrected chi connectivity index (χ4v) is 1.08. The molecular weight excluding hydrogens is 176 g/mol. The fraction of sp³-hybridized carbons (Fsp3) is 0.400. The lowest BCUT2D eigenvalue weighted by Crippen LogP contribution is -2.54. The number of nitrogens with one attached hydrogen (secondary N) is 3. The quantitative estimate of drug-likeness (QED) is 0.487. The van der Waals surface area contributed by atoms with Crippen LogP contribution >= 0.6 is 12.2 Å². The Bertz CT molecular complexity index is 259. The van der Waals surface area contributed by atoms with Gasteiger partial charge in [0.25, 0.3) is 0 Å². The highest BCUT2D eigenvalue weighted by molar-refractivity contribution is 7.80. The van der Waals surface area contributed by atoms with Crippen molar-refractivity contribution < 1.29 is 0 Å². The first kappa shape index (κ1) is 7.29. The lowest BCUT2D eigenvalue weighted by molar-refractivity contribution is 0.656. The van der Waals surface area contributed by atoms with Crippen molar-refractivity contribution >= 4 is 23.3 Å². The lowest BCUT2D eigenvalue weighted by atomic mass is 10.6. The molecule has 0 aliphatic carbocycles. The van der Waals surface area contributed by atoms with Gasteiger partial charge in [-0.2, -0.15) is 10.1 Å². The van der Waals surface area contributed by atoms with Gasteiger partial charge in [-0.25, -0.2) is 5.10 Å². The van der Waals surface area contributed by atoms with Crippen LogP contribution in [0.1, 0.15) is 0 Å². The smallest absolute Gasteiger partial charge is 0.223 e. The number of aromatic amines is 1. The number of anilines is 1. The molecule has 1 saturated heterocycles. The van der Waals surface area contributed by atoms with E-state index >= 15 is 0 Å². The van der Waals surface area contributed by atoms with Crippen molar-refractivity contribution in [1.82, 2.24) is 25.8 Å². The molecule has 1 aliphatic rings. The van der Waals surface area contributed by atoms with Crippen molar-refractivity contribution in [2.24, 2.45) is 0 Å². The van der Waals surface area contributed by atoms with Crippen LogP contribution in [-0.4, -0.2) is 33.6 Å². The molecule has 0 spiro atoms. The van der Waals surface area contributed by atoms with E-state index in [0.717, 1.165) is 5.95 Å². The van der Waals surface area contributed by atoms with E-state index in [4.69, 9.17) is 12.2 Å². The van der Waals surface area contributed by atoms with Gasteiger partial charge in [0.15, 0.2) is 5.11 Å². The van der Waals surface area contributed by atoms with Crippen molar-refractivity contribution in [3.63, 3.8) is 0 Å². The predicted molar refractivity (Wildman–Crippen MR) is 47.5 cm³/mol. The average molecular weight is 184 g/mol. The van der Waals surface area contributed by atoms with E-state index in [2.05, 4.69) is 25.8 Å². The summed E-state index contributed by atoms with van der Waals surface area (Å²) in [7, 11) is 0. The molecule has 12 heavy (non-hydrogen) atoms. The number of H-pyrrole nitrogens is 1. The summed E-state index contributed by atoms with van der Waals surface area (Å²) in [4.78, 5) is 5.95. The van der Waals surface area contributed by atoms with Crippen molar-refractivity contribution in [1.29, 1.82) is 0 Å². The van der Waals surface area contributed by atoms with Gasteiger partial charge >= 0.3 is 0 Å². The van der Waals surface area contributed by atoms with E-state index in [0.29, 0.717) is 18.4 Å². The van der Waals surface area contributed by atoms with Crippen LogP contribution in [-0.2, 0) is 0 Å². The molecule has 1 aliphatic heterocycles. The second-order valence-electron chi connectivity index (χ2n) is 2.35. The highest BCUT2D eigenvalue weighted by Gasteiger charge is 2.13. The van der Waals surface area contributed by atoms with E-state index in [9.17, 15) is 0 Å². The van der Waals surface area contributed by atoms with Crippen LogP contribution < -0.4 is 15.5 Å². The number of thiocarbonyl (C=S) groups is 1. The third-order valence-electron chi connectivity index (χ3n) is 1.56. The van der Waals surface area contributed by atoms with Gasteiger partial charge in [-0.3, -0.25) is 0 Å². The monoisotopic (exact) mass is 184 g/mol. The van der Waals surface area contributed by atoms with Gasteiger partial charge in [-0.1, -0.05) is 0 Å². The Morgan fingerprint density at radius 2 is 2.17 bits per heavy atom. The Labute approximate surface area is 74.4 Å². The van der Waals surface area contributed by atoms with Gasteiger partial charge in [0.1, 0.15) is 6.33 Å². The molecule has 1 fully saturated rings. The maximum Gasteiger partial charge on any atom is 0.223 e. The van der Waals surface area contributed by atoms with Gasteiger partial charge in [-0.15, -0.1) is 0 Å². The Hall–Kier alpha value is -1.37. The SMILES string of the molecule is S=C1NCN(c2ncn[nH]2)CN1. The molecule has 1 aromatic rings. The number of hydrogen-bond donors (Lipinski definition) is 3. The Morgan fingerprint density at radius 1 is 1.42 bits per heavy atom. The molecule has 3 N–H and O–H groups in total. The van der Waals surface area contributed by atoms with Gasteiger partial charge in [0.2, 0.25) is 5.95 Å². The highest BCUT2D eigenvalue weighted by atomic mass is 32.1. The van der Waals surface area contributed by atoms with E-state index in [-0.39, 0.29) is 0 Å². The largest absolute Gasteiger partial charge is 0.345 e. The van der Waals surface area contributed by atoms with Crippen LogP contribution in [0, 0.1) is 0 Å². The molecule has 6 nitrogen and oxygen atoms in total. The summed E-state index contributed by atoms with van der Waals surface area (Å²) in [6.07, 6.45) is 1.47. The fourth-order valence-electron chi connectivity index (χ4n) is 0.954. The van der Waals surface area contributed by atoms with Crippen LogP contribution in [0.25, 0.3) is 0 Å². The van der Waals surface area contributed by atoms with Crippen LogP contribution in [0.5, 0.6) is 0 Å². The minimum Gasteiger partial charge on any atom is -0.345 e. The topological polar surface area (TPSA) is 68.9 Å². The summed E-state index contributed by atoms with van der Waals surface area (Å²) < 4.78 is 0. The molecule has 0 saturated carbocycles. The predicted octanol–water partition coefficient (Wildman–Crippen LogP) is -0.996. The number of aromatic nitrogens is 3.